The second-order valence-electron chi connectivity index (χ2n) is 7.51. The van der Waals surface area contributed by atoms with Gasteiger partial charge >= 0.3 is 0 Å². The van der Waals surface area contributed by atoms with E-state index in [4.69, 9.17) is 28.2 Å². The fourth-order valence-corrected chi connectivity index (χ4v) is 5.38. The molecule has 0 unspecified atom stereocenters. The van der Waals surface area contributed by atoms with E-state index in [1.165, 1.54) is 55.5 Å². The van der Waals surface area contributed by atoms with Crippen molar-refractivity contribution in [1.82, 2.24) is 0 Å². The molecular formula is C26H27N5O4S2. The fraction of sp³-hybridized carbons (Fsp3) is 0.0385. The standard InChI is InChI=1S/2C12H12N2O2S.C2H3N/c2*13-9-1-5-11(6-2-9)17(15,16)12-7-3-10(14)4-8-12;1-2-3/h2*1-8H,13-14H2;1H3. The van der Waals surface area contributed by atoms with E-state index in [0.29, 0.717) is 22.7 Å². The average Bonchev–Trinajstić information content (AvgIpc) is 2.86. The molecule has 0 spiro atoms. The number of nitrogens with zero attached hydrogens (tertiary/aromatic N) is 1. The van der Waals surface area contributed by atoms with Gasteiger partial charge in [0.05, 0.1) is 25.7 Å². The zero-order chi connectivity index (χ0) is 27.6. The molecule has 0 fully saturated rings. The first-order chi connectivity index (χ1) is 17.4. The first-order valence-electron chi connectivity index (χ1n) is 10.6. The van der Waals surface area contributed by atoms with E-state index < -0.39 is 19.7 Å². The number of nitrogens with two attached hydrogens (primary N) is 4. The normalized spacial score (nSPS) is 10.6. The summed E-state index contributed by atoms with van der Waals surface area (Å²) in [7, 11) is -6.97. The van der Waals surface area contributed by atoms with Crippen LogP contribution in [0.25, 0.3) is 0 Å². The summed E-state index contributed by atoms with van der Waals surface area (Å²) in [6.07, 6.45) is 0. The number of sulfone groups is 2. The molecule has 11 heteroatoms. The Kier molecular flexibility index (Phi) is 9.65. The number of anilines is 4. The molecule has 0 bridgehead atoms. The van der Waals surface area contributed by atoms with Gasteiger partial charge in [-0.1, -0.05) is 0 Å². The molecule has 0 aliphatic carbocycles. The van der Waals surface area contributed by atoms with E-state index in [2.05, 4.69) is 0 Å². The Labute approximate surface area is 216 Å². The van der Waals surface area contributed by atoms with Crippen molar-refractivity contribution < 1.29 is 16.8 Å². The van der Waals surface area contributed by atoms with Crippen LogP contribution in [0.4, 0.5) is 22.7 Å². The van der Waals surface area contributed by atoms with Crippen molar-refractivity contribution in [3.05, 3.63) is 97.1 Å². The highest BCUT2D eigenvalue weighted by atomic mass is 32.2. The highest BCUT2D eigenvalue weighted by Gasteiger charge is 2.17. The first-order valence-corrected chi connectivity index (χ1v) is 13.6. The Balaban J connectivity index is 0.000000235. The van der Waals surface area contributed by atoms with Gasteiger partial charge in [0.15, 0.2) is 0 Å². The van der Waals surface area contributed by atoms with Crippen molar-refractivity contribution in [1.29, 1.82) is 5.26 Å². The number of nitrogen functional groups attached to an aromatic ring is 4. The maximum atomic E-state index is 12.2. The molecule has 0 aromatic heterocycles. The van der Waals surface area contributed by atoms with Gasteiger partial charge < -0.3 is 22.9 Å². The summed E-state index contributed by atoms with van der Waals surface area (Å²) in [4.78, 5) is 0.876. The Morgan fingerprint density at radius 3 is 0.730 bits per heavy atom. The van der Waals surface area contributed by atoms with Crippen LogP contribution in [-0.2, 0) is 19.7 Å². The molecule has 0 atom stereocenters. The second kappa shape index (κ2) is 12.4. The van der Waals surface area contributed by atoms with Crippen LogP contribution in [0.5, 0.6) is 0 Å². The highest BCUT2D eigenvalue weighted by Crippen LogP contribution is 2.23. The molecular weight excluding hydrogens is 510 g/mol. The Bertz CT molecular complexity index is 1340. The van der Waals surface area contributed by atoms with Crippen molar-refractivity contribution in [2.45, 2.75) is 26.5 Å². The minimum absolute atomic E-state index is 0.219. The third-order valence-electron chi connectivity index (χ3n) is 4.76. The quantitative estimate of drug-likeness (QED) is 0.279. The van der Waals surface area contributed by atoms with Gasteiger partial charge in [0.1, 0.15) is 0 Å². The Morgan fingerprint density at radius 2 is 0.595 bits per heavy atom. The zero-order valence-electron chi connectivity index (χ0n) is 19.9. The number of benzene rings is 4. The maximum Gasteiger partial charge on any atom is 0.206 e. The summed E-state index contributed by atoms with van der Waals surface area (Å²) in [6.45, 7) is 1.43. The lowest BCUT2D eigenvalue weighted by atomic mass is 10.3. The molecule has 0 amide bonds. The minimum atomic E-state index is -3.48. The summed E-state index contributed by atoms with van der Waals surface area (Å²) < 4.78 is 48.7. The van der Waals surface area contributed by atoms with Gasteiger partial charge in [-0.05, 0) is 97.1 Å². The van der Waals surface area contributed by atoms with Crippen LogP contribution in [0, 0.1) is 11.3 Å². The van der Waals surface area contributed by atoms with Crippen LogP contribution in [-0.4, -0.2) is 16.8 Å². The van der Waals surface area contributed by atoms with E-state index >= 15 is 0 Å². The van der Waals surface area contributed by atoms with Gasteiger partial charge in [0.2, 0.25) is 19.7 Å². The van der Waals surface area contributed by atoms with Crippen molar-refractivity contribution in [2.75, 3.05) is 22.9 Å². The molecule has 9 nitrogen and oxygen atoms in total. The third-order valence-corrected chi connectivity index (χ3v) is 8.33. The van der Waals surface area contributed by atoms with E-state index in [0.717, 1.165) is 0 Å². The molecule has 0 aliphatic rings. The van der Waals surface area contributed by atoms with Crippen LogP contribution in [0.3, 0.4) is 0 Å². The summed E-state index contributed by atoms with van der Waals surface area (Å²) in [5.74, 6) is 0. The zero-order valence-corrected chi connectivity index (χ0v) is 21.6. The third kappa shape index (κ3) is 7.73. The molecule has 192 valence electrons. The topological polar surface area (TPSA) is 196 Å². The van der Waals surface area contributed by atoms with Crippen LogP contribution in [0.15, 0.2) is 117 Å². The van der Waals surface area contributed by atoms with E-state index in [1.807, 2.05) is 0 Å². The van der Waals surface area contributed by atoms with Gasteiger partial charge in [-0.25, -0.2) is 16.8 Å². The lowest BCUT2D eigenvalue weighted by molar-refractivity contribution is 0.594. The average molecular weight is 538 g/mol. The van der Waals surface area contributed by atoms with Gasteiger partial charge in [-0.3, -0.25) is 0 Å². The van der Waals surface area contributed by atoms with Crippen LogP contribution in [0.1, 0.15) is 6.92 Å². The summed E-state index contributed by atoms with van der Waals surface area (Å²) in [6, 6.07) is 26.1. The molecule has 0 saturated heterocycles. The van der Waals surface area contributed by atoms with Crippen molar-refractivity contribution in [2.24, 2.45) is 0 Å². The highest BCUT2D eigenvalue weighted by molar-refractivity contribution is 7.91. The van der Waals surface area contributed by atoms with Crippen molar-refractivity contribution >= 4 is 42.4 Å². The number of nitriles is 1. The SMILES string of the molecule is CC#N.Nc1ccc(S(=O)(=O)c2ccc(N)cc2)cc1.Nc1ccc(S(=O)(=O)c2ccc(N)cc2)cc1. The monoisotopic (exact) mass is 537 g/mol. The van der Waals surface area contributed by atoms with Crippen LogP contribution < -0.4 is 22.9 Å². The predicted octanol–water partition coefficient (Wildman–Crippen LogP) is 3.90. The molecule has 0 radical (unpaired) electrons. The smallest absolute Gasteiger partial charge is 0.206 e. The van der Waals surface area contributed by atoms with Crippen LogP contribution >= 0.6 is 0 Å². The molecule has 0 saturated carbocycles. The lowest BCUT2D eigenvalue weighted by Crippen LogP contribution is -2.02. The second-order valence-corrected chi connectivity index (χ2v) is 11.4. The van der Waals surface area contributed by atoms with E-state index in [-0.39, 0.29) is 19.6 Å². The van der Waals surface area contributed by atoms with Gasteiger partial charge in [0, 0.05) is 29.7 Å². The van der Waals surface area contributed by atoms with E-state index in [1.54, 1.807) is 54.6 Å². The molecule has 4 aromatic rings. The molecule has 37 heavy (non-hydrogen) atoms. The van der Waals surface area contributed by atoms with Gasteiger partial charge in [-0.2, -0.15) is 5.26 Å². The predicted molar refractivity (Wildman–Crippen MR) is 146 cm³/mol. The Hall–Kier alpha value is -4.53. The Morgan fingerprint density at radius 1 is 0.459 bits per heavy atom. The fourth-order valence-electron chi connectivity index (χ4n) is 2.86. The van der Waals surface area contributed by atoms with E-state index in [9.17, 15) is 16.8 Å². The molecule has 4 rings (SSSR count). The largest absolute Gasteiger partial charge is 0.399 e. The van der Waals surface area contributed by atoms with Gasteiger partial charge in [-0.15, -0.1) is 0 Å². The van der Waals surface area contributed by atoms with Crippen molar-refractivity contribution in [3.8, 4) is 6.07 Å². The van der Waals surface area contributed by atoms with Crippen LogP contribution in [0.2, 0.25) is 0 Å². The molecule has 0 heterocycles. The number of hydrogen-bond acceptors (Lipinski definition) is 9. The molecule has 4 aromatic carbocycles. The summed E-state index contributed by atoms with van der Waals surface area (Å²) in [5, 5.41) is 7.32. The molecule has 0 aliphatic heterocycles. The molecule has 8 N–H and O–H groups in total. The van der Waals surface area contributed by atoms with Gasteiger partial charge in [0.25, 0.3) is 0 Å². The number of rotatable bonds is 4. The lowest BCUT2D eigenvalue weighted by Gasteiger charge is -2.05. The van der Waals surface area contributed by atoms with Crippen molar-refractivity contribution in [3.63, 3.8) is 0 Å². The first kappa shape index (κ1) is 28.7. The maximum absolute atomic E-state index is 12.2. The number of hydrogen-bond donors (Lipinski definition) is 4. The minimum Gasteiger partial charge on any atom is -0.399 e. The summed E-state index contributed by atoms with van der Waals surface area (Å²) >= 11 is 0. The summed E-state index contributed by atoms with van der Waals surface area (Å²) in [5.41, 5.74) is 24.2.